The molecular weight excluding hydrogens is 322 g/mol. The first-order valence-electron chi connectivity index (χ1n) is 10.3. The minimum Gasteiger partial charge on any atom is -0.459 e. The highest BCUT2D eigenvalue weighted by molar-refractivity contribution is 6.04. The van der Waals surface area contributed by atoms with Crippen molar-refractivity contribution in [2.24, 2.45) is 0 Å². The van der Waals surface area contributed by atoms with E-state index in [4.69, 9.17) is 4.74 Å². The van der Waals surface area contributed by atoms with Gasteiger partial charge in [-0.2, -0.15) is 0 Å². The highest BCUT2D eigenvalue weighted by Crippen LogP contribution is 2.41. The van der Waals surface area contributed by atoms with Crippen LogP contribution in [0.3, 0.4) is 0 Å². The summed E-state index contributed by atoms with van der Waals surface area (Å²) in [5, 5.41) is 2.09. The van der Waals surface area contributed by atoms with E-state index < -0.39 is 0 Å². The Labute approximate surface area is 155 Å². The van der Waals surface area contributed by atoms with Crippen molar-refractivity contribution >= 4 is 16.7 Å². The third-order valence-electron chi connectivity index (χ3n) is 6.77. The summed E-state index contributed by atoms with van der Waals surface area (Å²) in [5.41, 5.74) is 0.704. The molecule has 5 rings (SSSR count). The first kappa shape index (κ1) is 16.3. The second kappa shape index (κ2) is 6.70. The molecule has 3 saturated heterocycles. The van der Waals surface area contributed by atoms with Gasteiger partial charge in [0.15, 0.2) is 0 Å². The van der Waals surface area contributed by atoms with Crippen LogP contribution in [0.15, 0.2) is 42.5 Å². The van der Waals surface area contributed by atoms with E-state index in [0.29, 0.717) is 17.6 Å². The molecule has 0 radical (unpaired) electrons. The number of esters is 1. The van der Waals surface area contributed by atoms with Crippen LogP contribution in [0.2, 0.25) is 0 Å². The molecule has 3 aliphatic heterocycles. The molecule has 0 bridgehead atoms. The molecule has 2 unspecified atom stereocenters. The fraction of sp³-hybridized carbons (Fsp3) is 0.522. The molecular formula is C23H27NO2. The summed E-state index contributed by atoms with van der Waals surface area (Å²) >= 11 is 0. The highest BCUT2D eigenvalue weighted by Gasteiger charge is 2.44. The largest absolute Gasteiger partial charge is 0.459 e. The van der Waals surface area contributed by atoms with Gasteiger partial charge in [-0.05, 0) is 42.5 Å². The SMILES string of the molecule is O=C(OC1C[C@H]2CCCC3CCC[C@@H](C1)N32)c1cccc2ccccc12. The minimum atomic E-state index is -0.150. The van der Waals surface area contributed by atoms with E-state index in [2.05, 4.69) is 17.0 Å². The quantitative estimate of drug-likeness (QED) is 0.720. The maximum Gasteiger partial charge on any atom is 0.339 e. The molecule has 2 aromatic carbocycles. The van der Waals surface area contributed by atoms with E-state index in [1.807, 2.05) is 30.3 Å². The van der Waals surface area contributed by atoms with Crippen LogP contribution in [0.5, 0.6) is 0 Å². The second-order valence-corrected chi connectivity index (χ2v) is 8.30. The zero-order valence-corrected chi connectivity index (χ0v) is 15.3. The van der Waals surface area contributed by atoms with Crippen LogP contribution in [0.1, 0.15) is 61.7 Å². The van der Waals surface area contributed by atoms with Crippen LogP contribution in [-0.2, 0) is 4.74 Å². The summed E-state index contributed by atoms with van der Waals surface area (Å²) in [6, 6.07) is 16.0. The Kier molecular flexibility index (Phi) is 4.20. The molecule has 0 amide bonds. The minimum absolute atomic E-state index is 0.0737. The monoisotopic (exact) mass is 349 g/mol. The number of hydrogen-bond donors (Lipinski definition) is 0. The molecule has 136 valence electrons. The number of carbonyl (C=O) groups is 1. The van der Waals surface area contributed by atoms with Gasteiger partial charge in [0.1, 0.15) is 6.10 Å². The van der Waals surface area contributed by atoms with Gasteiger partial charge in [0, 0.05) is 31.0 Å². The molecule has 2 aromatic rings. The Morgan fingerprint density at radius 2 is 1.50 bits per heavy atom. The van der Waals surface area contributed by atoms with E-state index in [1.54, 1.807) is 0 Å². The molecule has 0 aliphatic carbocycles. The van der Waals surface area contributed by atoms with Gasteiger partial charge in [-0.15, -0.1) is 0 Å². The summed E-state index contributed by atoms with van der Waals surface area (Å²) < 4.78 is 6.06. The maximum atomic E-state index is 12.9. The zero-order chi connectivity index (χ0) is 17.5. The third kappa shape index (κ3) is 2.83. The van der Waals surface area contributed by atoms with E-state index >= 15 is 0 Å². The van der Waals surface area contributed by atoms with Crippen LogP contribution in [0, 0.1) is 0 Å². The van der Waals surface area contributed by atoms with Gasteiger partial charge in [-0.1, -0.05) is 49.2 Å². The van der Waals surface area contributed by atoms with Crippen molar-refractivity contribution in [3.63, 3.8) is 0 Å². The van der Waals surface area contributed by atoms with Crippen molar-refractivity contribution in [3.8, 4) is 0 Å². The topological polar surface area (TPSA) is 29.5 Å². The number of ether oxygens (including phenoxy) is 1. The normalized spacial score (nSPS) is 31.4. The maximum absolute atomic E-state index is 12.9. The Morgan fingerprint density at radius 1 is 0.846 bits per heavy atom. The fourth-order valence-corrected chi connectivity index (χ4v) is 5.71. The number of fused-ring (bicyclic) bond motifs is 1. The predicted octanol–water partition coefficient (Wildman–Crippen LogP) is 4.93. The number of carbonyl (C=O) groups excluding carboxylic acids is 1. The van der Waals surface area contributed by atoms with Gasteiger partial charge in [-0.3, -0.25) is 4.90 Å². The second-order valence-electron chi connectivity index (χ2n) is 8.30. The number of nitrogens with zero attached hydrogens (tertiary/aromatic N) is 1. The van der Waals surface area contributed by atoms with Gasteiger partial charge in [0.2, 0.25) is 0 Å². The summed E-state index contributed by atoms with van der Waals surface area (Å²) in [6.07, 6.45) is 10.1. The van der Waals surface area contributed by atoms with Crippen molar-refractivity contribution in [3.05, 3.63) is 48.0 Å². The molecule has 3 aliphatic rings. The van der Waals surface area contributed by atoms with E-state index in [-0.39, 0.29) is 12.1 Å². The predicted molar refractivity (Wildman–Crippen MR) is 103 cm³/mol. The lowest BCUT2D eigenvalue weighted by molar-refractivity contribution is -0.0746. The molecule has 3 fully saturated rings. The molecule has 0 saturated carbocycles. The van der Waals surface area contributed by atoms with E-state index in [9.17, 15) is 4.79 Å². The van der Waals surface area contributed by atoms with E-state index in [0.717, 1.165) is 29.7 Å². The van der Waals surface area contributed by atoms with Crippen molar-refractivity contribution in [1.82, 2.24) is 4.90 Å². The average Bonchev–Trinajstić information content (AvgIpc) is 2.68. The van der Waals surface area contributed by atoms with Gasteiger partial charge in [-0.25, -0.2) is 4.79 Å². The number of piperidine rings is 3. The number of benzene rings is 2. The Balaban J connectivity index is 1.35. The first-order valence-corrected chi connectivity index (χ1v) is 10.3. The molecule has 26 heavy (non-hydrogen) atoms. The number of hydrogen-bond acceptors (Lipinski definition) is 3. The Hall–Kier alpha value is -1.87. The smallest absolute Gasteiger partial charge is 0.339 e. The van der Waals surface area contributed by atoms with Gasteiger partial charge in [0.05, 0.1) is 5.56 Å². The summed E-state index contributed by atoms with van der Waals surface area (Å²) in [4.78, 5) is 15.7. The third-order valence-corrected chi connectivity index (χ3v) is 6.77. The van der Waals surface area contributed by atoms with Crippen molar-refractivity contribution < 1.29 is 9.53 Å². The summed E-state index contributed by atoms with van der Waals surface area (Å²) in [5.74, 6) is -0.150. The van der Waals surface area contributed by atoms with Crippen LogP contribution in [0.25, 0.3) is 10.8 Å². The summed E-state index contributed by atoms with van der Waals surface area (Å²) in [7, 11) is 0. The fourth-order valence-electron chi connectivity index (χ4n) is 5.71. The van der Waals surface area contributed by atoms with Crippen LogP contribution in [-0.4, -0.2) is 35.1 Å². The molecule has 0 aromatic heterocycles. The lowest BCUT2D eigenvalue weighted by Gasteiger charge is -2.54. The van der Waals surface area contributed by atoms with Crippen molar-refractivity contribution in [2.45, 2.75) is 75.6 Å². The molecule has 4 atom stereocenters. The van der Waals surface area contributed by atoms with Crippen LogP contribution in [0.4, 0.5) is 0 Å². The molecule has 0 N–H and O–H groups in total. The first-order chi connectivity index (χ1) is 12.8. The van der Waals surface area contributed by atoms with Gasteiger partial charge < -0.3 is 4.74 Å². The molecule has 3 heteroatoms. The standard InChI is InChI=1S/C23H27NO2/c25-23(22-13-3-7-16-6-1-2-12-21(16)22)26-20-14-18-10-4-8-17-9-5-11-19(15-20)24(17)18/h1-3,6-7,12-13,17-20H,4-5,8-11,14-15H2/t17?,18-,19+,20?. The lowest BCUT2D eigenvalue weighted by Crippen LogP contribution is -2.59. The van der Waals surface area contributed by atoms with Gasteiger partial charge >= 0.3 is 5.97 Å². The average molecular weight is 349 g/mol. The summed E-state index contributed by atoms with van der Waals surface area (Å²) in [6.45, 7) is 0. The molecule has 3 heterocycles. The van der Waals surface area contributed by atoms with Crippen LogP contribution >= 0.6 is 0 Å². The van der Waals surface area contributed by atoms with Crippen molar-refractivity contribution in [2.75, 3.05) is 0 Å². The number of rotatable bonds is 2. The zero-order valence-electron chi connectivity index (χ0n) is 15.3. The molecule has 3 nitrogen and oxygen atoms in total. The van der Waals surface area contributed by atoms with Crippen molar-refractivity contribution in [1.29, 1.82) is 0 Å². The van der Waals surface area contributed by atoms with Crippen LogP contribution < -0.4 is 0 Å². The van der Waals surface area contributed by atoms with E-state index in [1.165, 1.54) is 38.5 Å². The Bertz CT molecular complexity index is 791. The lowest BCUT2D eigenvalue weighted by atomic mass is 9.78. The van der Waals surface area contributed by atoms with Gasteiger partial charge in [0.25, 0.3) is 0 Å². The molecule has 0 spiro atoms. The Morgan fingerprint density at radius 3 is 2.27 bits per heavy atom. The highest BCUT2D eigenvalue weighted by atomic mass is 16.5.